The van der Waals surface area contributed by atoms with Crippen molar-refractivity contribution in [1.29, 1.82) is 0 Å². The molecular weight excluding hydrogens is 239 g/mol. The van der Waals surface area contributed by atoms with E-state index in [1.165, 1.54) is 6.20 Å². The zero-order chi connectivity index (χ0) is 14.4. The minimum atomic E-state index is -0.326. The lowest BCUT2D eigenvalue weighted by molar-refractivity contribution is 0.310. The summed E-state index contributed by atoms with van der Waals surface area (Å²) in [5, 5.41) is 0. The van der Waals surface area contributed by atoms with Crippen molar-refractivity contribution in [2.75, 3.05) is 18.0 Å². The van der Waals surface area contributed by atoms with Crippen molar-refractivity contribution < 1.29 is 4.39 Å². The largest absolute Gasteiger partial charge is 0.368 e. The molecule has 2 heterocycles. The van der Waals surface area contributed by atoms with Crippen LogP contribution in [0.3, 0.4) is 0 Å². The summed E-state index contributed by atoms with van der Waals surface area (Å²) in [6, 6.07) is 1.88. The summed E-state index contributed by atoms with van der Waals surface area (Å²) in [7, 11) is 0. The summed E-state index contributed by atoms with van der Waals surface area (Å²) in [6.07, 6.45) is 3.85. The first-order valence-corrected chi connectivity index (χ1v) is 7.45. The van der Waals surface area contributed by atoms with Gasteiger partial charge in [0, 0.05) is 19.3 Å². The van der Waals surface area contributed by atoms with Gasteiger partial charge in [0.1, 0.15) is 0 Å². The van der Waals surface area contributed by atoms with Crippen LogP contribution >= 0.6 is 0 Å². The maximum absolute atomic E-state index is 13.7. The van der Waals surface area contributed by atoms with Crippen molar-refractivity contribution in [2.24, 2.45) is 11.8 Å². The summed E-state index contributed by atoms with van der Waals surface area (Å²) >= 11 is 0. The highest BCUT2D eigenvalue weighted by Crippen LogP contribution is 2.30. The zero-order valence-corrected chi connectivity index (χ0v) is 12.9. The van der Waals surface area contributed by atoms with Crippen LogP contribution in [-0.2, 0) is 0 Å². The summed E-state index contributed by atoms with van der Waals surface area (Å²) in [6.45, 7) is 12.4. The molecule has 0 aliphatic carbocycles. The molecule has 1 aliphatic rings. The Labute approximate surface area is 117 Å². The van der Waals surface area contributed by atoms with E-state index in [4.69, 9.17) is 0 Å². The first-order valence-electron chi connectivity index (χ1n) is 7.45. The summed E-state index contributed by atoms with van der Waals surface area (Å²) in [5.74, 6) is 1.19. The van der Waals surface area contributed by atoms with Gasteiger partial charge >= 0.3 is 0 Å². The van der Waals surface area contributed by atoms with Crippen molar-refractivity contribution >= 4 is 5.69 Å². The van der Waals surface area contributed by atoms with Gasteiger partial charge in [0.25, 0.3) is 0 Å². The summed E-state index contributed by atoms with van der Waals surface area (Å²) in [4.78, 5) is 5.91. The Balaban J connectivity index is 0.000000861. The number of nitrogens with zero attached hydrogens (tertiary/aromatic N) is 2. The third-order valence-corrected chi connectivity index (χ3v) is 3.88. The molecule has 0 N–H and O–H groups in total. The maximum Gasteiger partial charge on any atom is 0.236 e. The van der Waals surface area contributed by atoms with Crippen LogP contribution in [0.2, 0.25) is 0 Å². The van der Waals surface area contributed by atoms with Crippen LogP contribution < -0.4 is 4.90 Å². The van der Waals surface area contributed by atoms with Crippen LogP contribution in [0.25, 0.3) is 0 Å². The molecule has 108 valence electrons. The quantitative estimate of drug-likeness (QED) is 0.736. The van der Waals surface area contributed by atoms with Crippen molar-refractivity contribution in [2.45, 2.75) is 47.5 Å². The second kappa shape index (κ2) is 7.46. The second-order valence-corrected chi connectivity index (χ2v) is 5.34. The predicted molar refractivity (Wildman–Crippen MR) is 80.1 cm³/mol. The molecule has 2 rings (SSSR count). The third kappa shape index (κ3) is 3.92. The number of pyridine rings is 1. The van der Waals surface area contributed by atoms with E-state index >= 15 is 0 Å². The highest BCUT2D eigenvalue weighted by Gasteiger charge is 2.24. The van der Waals surface area contributed by atoms with Crippen LogP contribution in [0.4, 0.5) is 10.1 Å². The number of rotatable bonds is 2. The fourth-order valence-corrected chi connectivity index (χ4v) is 2.69. The molecule has 0 unspecified atom stereocenters. The fraction of sp³-hybridized carbons (Fsp3) is 0.688. The molecule has 1 saturated heterocycles. The molecule has 1 aliphatic heterocycles. The number of anilines is 1. The monoisotopic (exact) mass is 266 g/mol. The highest BCUT2D eigenvalue weighted by atomic mass is 19.1. The topological polar surface area (TPSA) is 16.1 Å². The van der Waals surface area contributed by atoms with Crippen LogP contribution in [0, 0.1) is 24.7 Å². The molecule has 0 bridgehead atoms. The molecule has 0 radical (unpaired) electrons. The van der Waals surface area contributed by atoms with E-state index in [-0.39, 0.29) is 5.95 Å². The van der Waals surface area contributed by atoms with Gasteiger partial charge in [-0.25, -0.2) is 4.98 Å². The Morgan fingerprint density at radius 3 is 2.32 bits per heavy atom. The SMILES string of the molecule is CC.Cc1ccnc(F)c1N1CCC(C(C)C)CC1. The van der Waals surface area contributed by atoms with Gasteiger partial charge in [-0.1, -0.05) is 27.7 Å². The van der Waals surface area contributed by atoms with Crippen molar-refractivity contribution in [1.82, 2.24) is 4.98 Å². The van der Waals surface area contributed by atoms with Gasteiger partial charge in [-0.2, -0.15) is 4.39 Å². The number of aryl methyl sites for hydroxylation is 1. The fourth-order valence-electron chi connectivity index (χ4n) is 2.69. The summed E-state index contributed by atoms with van der Waals surface area (Å²) in [5.41, 5.74) is 1.69. The number of hydrogen-bond donors (Lipinski definition) is 0. The van der Waals surface area contributed by atoms with Gasteiger partial charge in [0.15, 0.2) is 0 Å². The first kappa shape index (κ1) is 15.9. The zero-order valence-electron chi connectivity index (χ0n) is 12.9. The standard InChI is InChI=1S/C14H21FN2.C2H6/c1-10(2)12-5-8-17(9-6-12)13-11(3)4-7-16-14(13)15;1-2/h4,7,10,12H,5-6,8-9H2,1-3H3;1-2H3. The molecule has 0 saturated carbocycles. The number of piperidine rings is 1. The van der Waals surface area contributed by atoms with E-state index in [1.54, 1.807) is 0 Å². The van der Waals surface area contributed by atoms with E-state index in [2.05, 4.69) is 23.7 Å². The lowest BCUT2D eigenvalue weighted by Crippen LogP contribution is -2.36. The van der Waals surface area contributed by atoms with Gasteiger partial charge in [0.2, 0.25) is 5.95 Å². The number of aromatic nitrogens is 1. The van der Waals surface area contributed by atoms with Gasteiger partial charge in [0.05, 0.1) is 5.69 Å². The molecule has 0 amide bonds. The van der Waals surface area contributed by atoms with Crippen LogP contribution in [0.15, 0.2) is 12.3 Å². The maximum atomic E-state index is 13.7. The molecule has 1 fully saturated rings. The van der Waals surface area contributed by atoms with Crippen LogP contribution in [-0.4, -0.2) is 18.1 Å². The van der Waals surface area contributed by atoms with Crippen LogP contribution in [0.5, 0.6) is 0 Å². The summed E-state index contributed by atoms with van der Waals surface area (Å²) < 4.78 is 13.7. The van der Waals surface area contributed by atoms with E-state index in [0.717, 1.165) is 43.3 Å². The van der Waals surface area contributed by atoms with Gasteiger partial charge in [-0.15, -0.1) is 0 Å². The molecule has 1 aromatic heterocycles. The Hall–Kier alpha value is -1.12. The Morgan fingerprint density at radius 2 is 1.84 bits per heavy atom. The molecule has 3 heteroatoms. The molecule has 2 nitrogen and oxygen atoms in total. The normalized spacial score (nSPS) is 16.3. The minimum absolute atomic E-state index is 0.326. The third-order valence-electron chi connectivity index (χ3n) is 3.88. The van der Waals surface area contributed by atoms with Crippen molar-refractivity contribution in [3.05, 3.63) is 23.8 Å². The van der Waals surface area contributed by atoms with Crippen molar-refractivity contribution in [3.63, 3.8) is 0 Å². The smallest absolute Gasteiger partial charge is 0.236 e. The predicted octanol–water partition coefficient (Wildman–Crippen LogP) is 4.43. The van der Waals surface area contributed by atoms with Gasteiger partial charge in [-0.3, -0.25) is 0 Å². The Morgan fingerprint density at radius 1 is 1.26 bits per heavy atom. The lowest BCUT2D eigenvalue weighted by Gasteiger charge is -2.35. The second-order valence-electron chi connectivity index (χ2n) is 5.34. The Bertz CT molecular complexity index is 362. The van der Waals surface area contributed by atoms with E-state index < -0.39 is 0 Å². The lowest BCUT2D eigenvalue weighted by atomic mass is 9.86. The minimum Gasteiger partial charge on any atom is -0.368 e. The first-order chi connectivity index (χ1) is 9.09. The average Bonchev–Trinajstić information content (AvgIpc) is 2.41. The van der Waals surface area contributed by atoms with Crippen molar-refractivity contribution in [3.8, 4) is 0 Å². The Kier molecular flexibility index (Phi) is 6.26. The number of halogens is 1. The highest BCUT2D eigenvalue weighted by molar-refractivity contribution is 5.52. The number of hydrogen-bond acceptors (Lipinski definition) is 2. The molecule has 0 aromatic carbocycles. The average molecular weight is 266 g/mol. The molecular formula is C16H27FN2. The van der Waals surface area contributed by atoms with Gasteiger partial charge in [-0.05, 0) is 43.2 Å². The van der Waals surface area contributed by atoms with Crippen LogP contribution in [0.1, 0.15) is 46.1 Å². The van der Waals surface area contributed by atoms with Gasteiger partial charge < -0.3 is 4.90 Å². The molecule has 0 spiro atoms. The van der Waals surface area contributed by atoms with E-state index in [1.807, 2.05) is 26.8 Å². The molecule has 1 aromatic rings. The molecule has 0 atom stereocenters. The molecule has 19 heavy (non-hydrogen) atoms. The van der Waals surface area contributed by atoms with E-state index in [0.29, 0.717) is 5.69 Å². The van der Waals surface area contributed by atoms with E-state index in [9.17, 15) is 4.39 Å².